The molecule has 4 nitrogen and oxygen atoms in total. The van der Waals surface area contributed by atoms with Gasteiger partial charge in [0, 0.05) is 6.20 Å². The van der Waals surface area contributed by atoms with E-state index in [1.165, 1.54) is 16.7 Å². The van der Waals surface area contributed by atoms with Crippen LogP contribution in [0.5, 0.6) is 0 Å². The molecular weight excluding hydrogens is 267 g/mol. The SMILES string of the molecule is Br.CCOC(=O)Cn1cc(F)ccc1=N. The quantitative estimate of drug-likeness (QED) is 0.846. The maximum atomic E-state index is 12.7. The topological polar surface area (TPSA) is 55.1 Å². The number of nitrogens with zero attached hydrogens (tertiary/aromatic N) is 1. The number of ether oxygens (including phenoxy) is 1. The highest BCUT2D eigenvalue weighted by molar-refractivity contribution is 8.93. The molecule has 0 spiro atoms. The van der Waals surface area contributed by atoms with Gasteiger partial charge in [-0.2, -0.15) is 0 Å². The Labute approximate surface area is 97.0 Å². The Hall–Kier alpha value is -1.17. The van der Waals surface area contributed by atoms with Crippen LogP contribution in [0.2, 0.25) is 0 Å². The highest BCUT2D eigenvalue weighted by atomic mass is 79.9. The van der Waals surface area contributed by atoms with Gasteiger partial charge in [-0.25, -0.2) is 4.39 Å². The molecule has 0 bridgehead atoms. The van der Waals surface area contributed by atoms with Crippen LogP contribution >= 0.6 is 17.0 Å². The van der Waals surface area contributed by atoms with Gasteiger partial charge in [0.1, 0.15) is 17.8 Å². The van der Waals surface area contributed by atoms with Gasteiger partial charge in [0.2, 0.25) is 0 Å². The normalized spacial score (nSPS) is 9.20. The van der Waals surface area contributed by atoms with Crippen LogP contribution in [0, 0.1) is 11.2 Å². The van der Waals surface area contributed by atoms with Crippen LogP contribution in [-0.2, 0) is 16.1 Å². The lowest BCUT2D eigenvalue weighted by molar-refractivity contribution is -0.143. The monoisotopic (exact) mass is 278 g/mol. The molecule has 1 rings (SSSR count). The van der Waals surface area contributed by atoms with E-state index in [0.29, 0.717) is 0 Å². The summed E-state index contributed by atoms with van der Waals surface area (Å²) in [5.74, 6) is -0.957. The summed E-state index contributed by atoms with van der Waals surface area (Å²) in [4.78, 5) is 11.0. The Kier molecular flexibility index (Phi) is 5.84. The predicted molar refractivity (Wildman–Crippen MR) is 57.2 cm³/mol. The number of carbonyl (C=O) groups is 1. The minimum Gasteiger partial charge on any atom is -0.465 e. The Morgan fingerprint density at radius 1 is 1.60 bits per heavy atom. The average molecular weight is 279 g/mol. The van der Waals surface area contributed by atoms with Crippen molar-refractivity contribution in [1.29, 1.82) is 5.41 Å². The van der Waals surface area contributed by atoms with E-state index in [0.717, 1.165) is 6.20 Å². The second-order valence-electron chi connectivity index (χ2n) is 2.67. The third kappa shape index (κ3) is 4.24. The molecule has 0 aromatic carbocycles. The summed E-state index contributed by atoms with van der Waals surface area (Å²) in [5.41, 5.74) is 0.0689. The van der Waals surface area contributed by atoms with Crippen molar-refractivity contribution in [2.24, 2.45) is 0 Å². The van der Waals surface area contributed by atoms with Gasteiger partial charge < -0.3 is 9.30 Å². The molecule has 1 aromatic rings. The van der Waals surface area contributed by atoms with E-state index in [-0.39, 0.29) is 35.6 Å². The molecule has 0 aliphatic heterocycles. The van der Waals surface area contributed by atoms with Gasteiger partial charge in [-0.15, -0.1) is 17.0 Å². The molecule has 0 aliphatic rings. The number of rotatable bonds is 3. The van der Waals surface area contributed by atoms with Gasteiger partial charge in [-0.3, -0.25) is 10.2 Å². The lowest BCUT2D eigenvalue weighted by Crippen LogP contribution is -2.24. The van der Waals surface area contributed by atoms with E-state index in [1.807, 2.05) is 0 Å². The van der Waals surface area contributed by atoms with Crippen molar-refractivity contribution in [3.63, 3.8) is 0 Å². The van der Waals surface area contributed by atoms with Gasteiger partial charge in [-0.1, -0.05) is 0 Å². The number of pyridine rings is 1. The second-order valence-corrected chi connectivity index (χ2v) is 2.67. The molecular formula is C9H12BrFN2O2. The van der Waals surface area contributed by atoms with Crippen molar-refractivity contribution >= 4 is 23.0 Å². The van der Waals surface area contributed by atoms with E-state index in [2.05, 4.69) is 4.74 Å². The first-order valence-electron chi connectivity index (χ1n) is 4.19. The second kappa shape index (κ2) is 6.34. The van der Waals surface area contributed by atoms with E-state index in [9.17, 15) is 9.18 Å². The molecule has 84 valence electrons. The number of nitrogens with one attached hydrogen (secondary N) is 1. The number of hydrogen-bond donors (Lipinski definition) is 1. The third-order valence-corrected chi connectivity index (χ3v) is 1.59. The predicted octanol–water partition coefficient (Wildman–Crippen LogP) is 1.25. The van der Waals surface area contributed by atoms with Gasteiger partial charge in [0.15, 0.2) is 0 Å². The molecule has 0 saturated carbocycles. The number of carbonyl (C=O) groups excluding carboxylic acids is 1. The number of halogens is 2. The maximum Gasteiger partial charge on any atom is 0.325 e. The van der Waals surface area contributed by atoms with Crippen LogP contribution in [-0.4, -0.2) is 17.1 Å². The largest absolute Gasteiger partial charge is 0.465 e. The number of esters is 1. The van der Waals surface area contributed by atoms with Crippen LogP contribution < -0.4 is 5.49 Å². The van der Waals surface area contributed by atoms with E-state index in [4.69, 9.17) is 5.41 Å². The van der Waals surface area contributed by atoms with Gasteiger partial charge >= 0.3 is 5.97 Å². The summed E-state index contributed by atoms with van der Waals surface area (Å²) in [7, 11) is 0. The highest BCUT2D eigenvalue weighted by Gasteiger charge is 2.03. The fourth-order valence-corrected chi connectivity index (χ4v) is 0.992. The van der Waals surface area contributed by atoms with Crippen molar-refractivity contribution in [1.82, 2.24) is 4.57 Å². The molecule has 1 heterocycles. The first-order valence-corrected chi connectivity index (χ1v) is 4.19. The zero-order valence-corrected chi connectivity index (χ0v) is 9.91. The van der Waals surface area contributed by atoms with E-state index in [1.54, 1.807) is 6.92 Å². The molecule has 6 heteroatoms. The zero-order valence-electron chi connectivity index (χ0n) is 8.20. The summed E-state index contributed by atoms with van der Waals surface area (Å²) in [6.45, 7) is 1.84. The Morgan fingerprint density at radius 2 is 2.27 bits per heavy atom. The Bertz CT molecular complexity index is 392. The molecule has 0 aliphatic carbocycles. The minimum atomic E-state index is -0.481. The van der Waals surface area contributed by atoms with Gasteiger partial charge in [0.25, 0.3) is 0 Å². The molecule has 0 radical (unpaired) electrons. The Morgan fingerprint density at radius 3 is 2.87 bits per heavy atom. The first kappa shape index (κ1) is 13.8. The summed E-state index contributed by atoms with van der Waals surface area (Å²) >= 11 is 0. The molecule has 1 N–H and O–H groups in total. The van der Waals surface area contributed by atoms with Crippen molar-refractivity contribution in [2.75, 3.05) is 6.61 Å². The van der Waals surface area contributed by atoms with E-state index >= 15 is 0 Å². The van der Waals surface area contributed by atoms with Crippen LogP contribution in [0.15, 0.2) is 18.3 Å². The summed E-state index contributed by atoms with van der Waals surface area (Å²) in [6.07, 6.45) is 1.10. The number of aromatic nitrogens is 1. The van der Waals surface area contributed by atoms with Crippen LogP contribution in [0.3, 0.4) is 0 Å². The molecule has 0 fully saturated rings. The van der Waals surface area contributed by atoms with Crippen LogP contribution in [0.4, 0.5) is 4.39 Å². The first-order chi connectivity index (χ1) is 6.63. The van der Waals surface area contributed by atoms with Crippen molar-refractivity contribution in [2.45, 2.75) is 13.5 Å². The fourth-order valence-electron chi connectivity index (χ4n) is 0.992. The Balaban J connectivity index is 0.00000196. The van der Waals surface area contributed by atoms with Gasteiger partial charge in [0.05, 0.1) is 6.61 Å². The summed E-state index contributed by atoms with van der Waals surface area (Å²) in [5, 5.41) is 7.38. The lowest BCUT2D eigenvalue weighted by Gasteiger charge is -2.05. The van der Waals surface area contributed by atoms with Crippen molar-refractivity contribution < 1.29 is 13.9 Å². The van der Waals surface area contributed by atoms with Gasteiger partial charge in [-0.05, 0) is 19.1 Å². The van der Waals surface area contributed by atoms with Crippen LogP contribution in [0.25, 0.3) is 0 Å². The standard InChI is InChI=1S/C9H11FN2O2.BrH/c1-2-14-9(13)6-12-5-7(10)3-4-8(12)11;/h3-5,11H,2,6H2,1H3;1H. The summed E-state index contributed by atoms with van der Waals surface area (Å²) < 4.78 is 18.6. The summed E-state index contributed by atoms with van der Waals surface area (Å²) in [6, 6.07) is 2.46. The van der Waals surface area contributed by atoms with E-state index < -0.39 is 11.8 Å². The maximum absolute atomic E-state index is 12.7. The average Bonchev–Trinajstić information content (AvgIpc) is 2.12. The molecule has 15 heavy (non-hydrogen) atoms. The van der Waals surface area contributed by atoms with Crippen molar-refractivity contribution in [3.05, 3.63) is 29.6 Å². The molecule has 0 amide bonds. The number of hydrogen-bond acceptors (Lipinski definition) is 3. The highest BCUT2D eigenvalue weighted by Crippen LogP contribution is 1.92. The van der Waals surface area contributed by atoms with Crippen LogP contribution in [0.1, 0.15) is 6.92 Å². The lowest BCUT2D eigenvalue weighted by atomic mass is 10.4. The molecule has 0 saturated heterocycles. The van der Waals surface area contributed by atoms with Crippen molar-refractivity contribution in [3.8, 4) is 0 Å². The molecule has 0 atom stereocenters. The molecule has 1 aromatic heterocycles. The third-order valence-electron chi connectivity index (χ3n) is 1.59. The minimum absolute atomic E-state index is 0. The molecule has 0 unspecified atom stereocenters. The fraction of sp³-hybridized carbons (Fsp3) is 0.333. The zero-order chi connectivity index (χ0) is 10.6. The smallest absolute Gasteiger partial charge is 0.325 e.